The van der Waals surface area contributed by atoms with Crippen LogP contribution in [0.5, 0.6) is 0 Å². The van der Waals surface area contributed by atoms with Gasteiger partial charge in [-0.25, -0.2) is 4.98 Å². The van der Waals surface area contributed by atoms with E-state index >= 15 is 0 Å². The van der Waals surface area contributed by atoms with Crippen LogP contribution < -0.4 is 10.6 Å². The Balaban J connectivity index is 2.12. The van der Waals surface area contributed by atoms with E-state index < -0.39 is 5.95 Å². The summed E-state index contributed by atoms with van der Waals surface area (Å²) in [7, 11) is 0. The Labute approximate surface area is 121 Å². The molecule has 6 heteroatoms. The van der Waals surface area contributed by atoms with Gasteiger partial charge in [0.15, 0.2) is 0 Å². The lowest BCUT2D eigenvalue weighted by molar-refractivity contribution is -0.114. The van der Waals surface area contributed by atoms with Crippen molar-refractivity contribution in [2.45, 2.75) is 13.8 Å². The molecule has 0 aliphatic carbocycles. The lowest BCUT2D eigenvalue weighted by atomic mass is 10.1. The zero-order chi connectivity index (χ0) is 15.4. The molecule has 108 valence electrons. The van der Waals surface area contributed by atoms with Gasteiger partial charge >= 0.3 is 0 Å². The van der Waals surface area contributed by atoms with Crippen molar-refractivity contribution in [3.8, 4) is 0 Å². The Morgan fingerprint density at radius 3 is 2.48 bits per heavy atom. The van der Waals surface area contributed by atoms with E-state index in [4.69, 9.17) is 0 Å². The van der Waals surface area contributed by atoms with E-state index in [0.717, 1.165) is 11.6 Å². The van der Waals surface area contributed by atoms with Gasteiger partial charge in [0.2, 0.25) is 11.9 Å². The van der Waals surface area contributed by atoms with Crippen LogP contribution >= 0.6 is 0 Å². The largest absolute Gasteiger partial charge is 0.326 e. The predicted molar refractivity (Wildman–Crippen MR) is 77.6 cm³/mol. The number of aryl methyl sites for hydroxylation is 1. The first-order valence-corrected chi connectivity index (χ1v) is 6.27. The first kappa shape index (κ1) is 14.6. The summed E-state index contributed by atoms with van der Waals surface area (Å²) in [4.78, 5) is 26.4. The molecule has 0 unspecified atom stereocenters. The fourth-order valence-electron chi connectivity index (χ4n) is 1.78. The number of benzene rings is 1. The zero-order valence-electron chi connectivity index (χ0n) is 11.6. The fraction of sp³-hybridized carbons (Fsp3) is 0.133. The first-order valence-electron chi connectivity index (χ1n) is 6.27. The van der Waals surface area contributed by atoms with Crippen LogP contribution in [-0.4, -0.2) is 16.8 Å². The average Bonchev–Trinajstić information content (AvgIpc) is 2.42. The molecule has 5 nitrogen and oxygen atoms in total. The summed E-state index contributed by atoms with van der Waals surface area (Å²) in [5.74, 6) is -1.18. The zero-order valence-corrected chi connectivity index (χ0v) is 11.6. The Morgan fingerprint density at radius 2 is 1.90 bits per heavy atom. The fourth-order valence-corrected chi connectivity index (χ4v) is 1.78. The number of hydrogen-bond acceptors (Lipinski definition) is 3. The smallest absolute Gasteiger partial charge is 0.257 e. The summed E-state index contributed by atoms with van der Waals surface area (Å²) in [6.07, 6.45) is 1.17. The van der Waals surface area contributed by atoms with E-state index in [-0.39, 0.29) is 17.4 Å². The number of halogens is 1. The van der Waals surface area contributed by atoms with Gasteiger partial charge in [0.05, 0.1) is 5.56 Å². The van der Waals surface area contributed by atoms with Gasteiger partial charge < -0.3 is 10.6 Å². The standard InChI is InChI=1S/C15H14FN3O2/c1-9-7-12(4-5-13(9)18-10(2)20)19-15(21)11-3-6-14(16)17-8-11/h3-8H,1-2H3,(H,18,20)(H,19,21). The van der Waals surface area contributed by atoms with Crippen molar-refractivity contribution in [1.82, 2.24) is 4.98 Å². The van der Waals surface area contributed by atoms with E-state index in [0.29, 0.717) is 11.4 Å². The van der Waals surface area contributed by atoms with E-state index in [2.05, 4.69) is 15.6 Å². The first-order chi connectivity index (χ1) is 9.95. The van der Waals surface area contributed by atoms with E-state index in [1.54, 1.807) is 18.2 Å². The van der Waals surface area contributed by atoms with Crippen LogP contribution in [0.15, 0.2) is 36.5 Å². The number of pyridine rings is 1. The molecule has 0 atom stereocenters. The maximum Gasteiger partial charge on any atom is 0.257 e. The van der Waals surface area contributed by atoms with Gasteiger partial charge in [0, 0.05) is 24.5 Å². The number of hydrogen-bond donors (Lipinski definition) is 2. The van der Waals surface area contributed by atoms with Crippen molar-refractivity contribution in [1.29, 1.82) is 0 Å². The highest BCUT2D eigenvalue weighted by Crippen LogP contribution is 2.20. The Hall–Kier alpha value is -2.76. The minimum atomic E-state index is -0.637. The number of amides is 2. The van der Waals surface area contributed by atoms with Crippen molar-refractivity contribution >= 4 is 23.2 Å². The molecule has 1 aromatic heterocycles. The van der Waals surface area contributed by atoms with Crippen molar-refractivity contribution < 1.29 is 14.0 Å². The quantitative estimate of drug-likeness (QED) is 0.853. The molecule has 1 aromatic carbocycles. The minimum Gasteiger partial charge on any atom is -0.326 e. The van der Waals surface area contributed by atoms with Gasteiger partial charge in [-0.3, -0.25) is 9.59 Å². The van der Waals surface area contributed by atoms with Gasteiger partial charge in [-0.2, -0.15) is 4.39 Å². The van der Waals surface area contributed by atoms with E-state index in [1.807, 2.05) is 6.92 Å². The van der Waals surface area contributed by atoms with Crippen molar-refractivity contribution in [2.24, 2.45) is 0 Å². The molecule has 1 heterocycles. The summed E-state index contributed by atoms with van der Waals surface area (Å²) in [6.45, 7) is 3.25. The van der Waals surface area contributed by atoms with Crippen LogP contribution in [0.25, 0.3) is 0 Å². The molecule has 0 saturated carbocycles. The highest BCUT2D eigenvalue weighted by molar-refractivity contribution is 6.04. The van der Waals surface area contributed by atoms with Crippen LogP contribution in [0.3, 0.4) is 0 Å². The molecular weight excluding hydrogens is 273 g/mol. The molecule has 0 bridgehead atoms. The third-order valence-corrected chi connectivity index (χ3v) is 2.78. The molecule has 0 spiro atoms. The monoisotopic (exact) mass is 287 g/mol. The Bertz CT molecular complexity index is 684. The predicted octanol–water partition coefficient (Wildman–Crippen LogP) is 2.74. The van der Waals surface area contributed by atoms with Gasteiger partial charge in [-0.15, -0.1) is 0 Å². The highest BCUT2D eigenvalue weighted by atomic mass is 19.1. The number of nitrogens with zero attached hydrogens (tertiary/aromatic N) is 1. The highest BCUT2D eigenvalue weighted by Gasteiger charge is 2.08. The molecule has 0 fully saturated rings. The van der Waals surface area contributed by atoms with Crippen LogP contribution in [-0.2, 0) is 4.79 Å². The molecule has 2 rings (SSSR count). The maximum absolute atomic E-state index is 12.7. The molecule has 2 N–H and O–H groups in total. The van der Waals surface area contributed by atoms with Crippen LogP contribution in [0.2, 0.25) is 0 Å². The second-order valence-corrected chi connectivity index (χ2v) is 4.53. The molecule has 2 amide bonds. The number of rotatable bonds is 3. The van der Waals surface area contributed by atoms with Crippen molar-refractivity contribution in [2.75, 3.05) is 10.6 Å². The summed E-state index contributed by atoms with van der Waals surface area (Å²) in [5.41, 5.74) is 2.35. The molecule has 2 aromatic rings. The number of carbonyl (C=O) groups is 2. The molecular formula is C15H14FN3O2. The number of aromatic nitrogens is 1. The van der Waals surface area contributed by atoms with Gasteiger partial charge in [0.1, 0.15) is 0 Å². The average molecular weight is 287 g/mol. The second-order valence-electron chi connectivity index (χ2n) is 4.53. The lowest BCUT2D eigenvalue weighted by Crippen LogP contribution is -2.13. The SMILES string of the molecule is CC(=O)Nc1ccc(NC(=O)c2ccc(F)nc2)cc1C. The lowest BCUT2D eigenvalue weighted by Gasteiger charge is -2.10. The van der Waals surface area contributed by atoms with Gasteiger partial charge in [0.25, 0.3) is 5.91 Å². The number of carbonyl (C=O) groups excluding carboxylic acids is 2. The van der Waals surface area contributed by atoms with Gasteiger partial charge in [-0.1, -0.05) is 0 Å². The van der Waals surface area contributed by atoms with E-state index in [9.17, 15) is 14.0 Å². The topological polar surface area (TPSA) is 71.1 Å². The van der Waals surface area contributed by atoms with Crippen LogP contribution in [0.4, 0.5) is 15.8 Å². The van der Waals surface area contributed by atoms with Crippen LogP contribution in [0, 0.1) is 12.9 Å². The van der Waals surface area contributed by atoms with Crippen molar-refractivity contribution in [3.63, 3.8) is 0 Å². The van der Waals surface area contributed by atoms with Crippen LogP contribution in [0.1, 0.15) is 22.8 Å². The third kappa shape index (κ3) is 3.85. The van der Waals surface area contributed by atoms with Gasteiger partial charge in [-0.05, 0) is 42.8 Å². The molecule has 0 saturated heterocycles. The normalized spacial score (nSPS) is 10.0. The minimum absolute atomic E-state index is 0.160. The number of anilines is 2. The third-order valence-electron chi connectivity index (χ3n) is 2.78. The maximum atomic E-state index is 12.7. The summed E-state index contributed by atoms with van der Waals surface area (Å²) < 4.78 is 12.7. The summed E-state index contributed by atoms with van der Waals surface area (Å²) >= 11 is 0. The molecule has 21 heavy (non-hydrogen) atoms. The molecule has 0 aliphatic heterocycles. The Kier molecular flexibility index (Phi) is 4.27. The molecule has 0 radical (unpaired) electrons. The van der Waals surface area contributed by atoms with E-state index in [1.165, 1.54) is 19.2 Å². The van der Waals surface area contributed by atoms with Crippen molar-refractivity contribution in [3.05, 3.63) is 53.6 Å². The summed E-state index contributed by atoms with van der Waals surface area (Å²) in [5, 5.41) is 5.37. The number of nitrogens with one attached hydrogen (secondary N) is 2. The Morgan fingerprint density at radius 1 is 1.14 bits per heavy atom. The summed E-state index contributed by atoms with van der Waals surface area (Å²) in [6, 6.07) is 7.60. The second kappa shape index (κ2) is 6.13. The molecule has 0 aliphatic rings.